The van der Waals surface area contributed by atoms with Crippen LogP contribution in [-0.4, -0.2) is 44.9 Å². The predicted molar refractivity (Wildman–Crippen MR) is 536 cm³/mol. The van der Waals surface area contributed by atoms with Crippen LogP contribution in [0.1, 0.15) is 0 Å². The van der Waals surface area contributed by atoms with E-state index in [2.05, 4.69) is 376 Å². The Morgan fingerprint density at radius 3 is 0.636 bits per heavy atom. The zero-order valence-electron chi connectivity index (χ0n) is 69.4. The first-order valence-corrected chi connectivity index (χ1v) is 43.7. The lowest BCUT2D eigenvalue weighted by Gasteiger charge is -2.12. The minimum absolute atomic E-state index is 0.163. The standard InChI is InChI=1S/2C41H26ClN3.C35H22ClN3/c42-41-44-39(43-40(45-41)38-19-9-17-36-35(16-8-18-37(36)38)28-12-5-2-6-13-28)34-15-7-14-29(26-34)31-22-23-32-24-30(20-21-33(32)25-31)27-10-3-1-4-11-27;42-41-44-39(43-40(45-41)38-21-20-35-23-31(15-17-36(35)26-38)28-10-5-2-6-11-28)37-13-7-12-29(25-37)32-18-19-33-22-30(14-16-34(33)24-32)27-8-3-1-4-9-27;36-35-38-33(37-34(39-35)32-18-13-24-9-4-5-10-25(24)21-32)31-12-6-11-26(22-31)28-16-17-29-19-27(14-15-30(29)20-28)23-7-2-1-3-8-23/h2*1-26H;1-22H. The maximum absolute atomic E-state index is 6.55. The quantitative estimate of drug-likeness (QED) is 0.105. The first-order valence-electron chi connectivity index (χ1n) is 42.6. The molecule has 0 fully saturated rings. The van der Waals surface area contributed by atoms with Crippen molar-refractivity contribution in [3.63, 3.8) is 0 Å². The van der Waals surface area contributed by atoms with Gasteiger partial charge in [0, 0.05) is 33.4 Å². The molecule has 0 N–H and O–H groups in total. The van der Waals surface area contributed by atoms with Gasteiger partial charge in [-0.25, -0.2) is 15.0 Å². The molecule has 23 rings (SSSR count). The zero-order valence-corrected chi connectivity index (χ0v) is 71.7. The SMILES string of the molecule is Clc1nc(-c2cccc(-c3ccc4cc(-c5ccccc5)ccc4c3)c2)nc(-c2ccc3cc(-c4ccccc4)ccc3c2)n1.Clc1nc(-c2cccc(-c3ccc4cc(-c5ccccc5)ccc4c3)c2)nc(-c2ccc3ccccc3c2)n1.Clc1nc(-c2cccc(-c3ccc4cc(-c5ccccc5)ccc4c3)c2)nc(-c2cccc3c(-c4ccccc4)cccc23)n1. The average Bonchev–Trinajstić information content (AvgIpc) is 0.765. The van der Waals surface area contributed by atoms with Crippen molar-refractivity contribution in [3.8, 4) is 157 Å². The first kappa shape index (κ1) is 80.0. The Balaban J connectivity index is 0.000000118. The molecule has 0 saturated heterocycles. The van der Waals surface area contributed by atoms with Crippen LogP contribution in [0, 0.1) is 0 Å². The van der Waals surface area contributed by atoms with Crippen LogP contribution in [0.5, 0.6) is 0 Å². The number of hydrogen-bond acceptors (Lipinski definition) is 9. The van der Waals surface area contributed by atoms with E-state index in [0.717, 1.165) is 105 Å². The van der Waals surface area contributed by atoms with E-state index in [1.165, 1.54) is 82.2 Å². The van der Waals surface area contributed by atoms with E-state index in [1.807, 2.05) is 103 Å². The molecule has 3 heterocycles. The maximum atomic E-state index is 6.55. The van der Waals surface area contributed by atoms with Gasteiger partial charge < -0.3 is 0 Å². The van der Waals surface area contributed by atoms with Gasteiger partial charge in [0.1, 0.15) is 0 Å². The molecule has 0 saturated carbocycles. The number of halogens is 3. The number of rotatable bonds is 14. The maximum Gasteiger partial charge on any atom is 0.226 e. The molecule has 0 radical (unpaired) electrons. The molecule has 0 aliphatic rings. The van der Waals surface area contributed by atoms with Crippen molar-refractivity contribution in [2.45, 2.75) is 0 Å². The van der Waals surface area contributed by atoms with Gasteiger partial charge in [0.15, 0.2) is 34.9 Å². The summed E-state index contributed by atoms with van der Waals surface area (Å²) in [5.41, 5.74) is 24.0. The Morgan fingerprint density at radius 2 is 0.310 bits per heavy atom. The predicted octanol–water partition coefficient (Wildman–Crippen LogP) is 31.8. The van der Waals surface area contributed by atoms with Crippen molar-refractivity contribution in [2.75, 3.05) is 0 Å². The normalized spacial score (nSPS) is 11.2. The van der Waals surface area contributed by atoms with Gasteiger partial charge in [-0.15, -0.1) is 0 Å². The molecule has 0 unspecified atom stereocenters. The van der Waals surface area contributed by atoms with Gasteiger partial charge in [-0.2, -0.15) is 29.9 Å². The largest absolute Gasteiger partial charge is 0.226 e. The third kappa shape index (κ3) is 17.5. The van der Waals surface area contributed by atoms with Crippen molar-refractivity contribution in [1.82, 2.24) is 44.9 Å². The topological polar surface area (TPSA) is 116 Å². The molecule has 0 spiro atoms. The molecule has 0 amide bonds. The number of hydrogen-bond donors (Lipinski definition) is 0. The van der Waals surface area contributed by atoms with Gasteiger partial charge in [-0.3, -0.25) is 0 Å². The van der Waals surface area contributed by atoms with E-state index in [1.54, 1.807) is 0 Å². The van der Waals surface area contributed by atoms with Crippen LogP contribution in [-0.2, 0) is 0 Å². The molecular weight excluding hydrogens is 1640 g/mol. The van der Waals surface area contributed by atoms with Crippen LogP contribution in [0.2, 0.25) is 15.9 Å². The van der Waals surface area contributed by atoms with Crippen molar-refractivity contribution < 1.29 is 0 Å². The zero-order chi connectivity index (χ0) is 86.5. The van der Waals surface area contributed by atoms with Gasteiger partial charge in [0.2, 0.25) is 15.9 Å². The highest BCUT2D eigenvalue weighted by atomic mass is 35.5. The molecule has 12 heteroatoms. The first-order chi connectivity index (χ1) is 63.5. The smallest absolute Gasteiger partial charge is 0.208 e. The minimum Gasteiger partial charge on any atom is -0.208 e. The summed E-state index contributed by atoms with van der Waals surface area (Å²) in [4.78, 5) is 41.6. The Morgan fingerprint density at radius 1 is 0.116 bits per heavy atom. The molecule has 129 heavy (non-hydrogen) atoms. The minimum atomic E-state index is 0.163. The van der Waals surface area contributed by atoms with Crippen LogP contribution in [0.4, 0.5) is 0 Å². The molecule has 23 aromatic rings. The molecule has 0 aliphatic heterocycles. The van der Waals surface area contributed by atoms with Crippen molar-refractivity contribution in [1.29, 1.82) is 0 Å². The van der Waals surface area contributed by atoms with Gasteiger partial charge in [-0.05, 0) is 261 Å². The second-order valence-corrected chi connectivity index (χ2v) is 32.7. The van der Waals surface area contributed by atoms with Crippen LogP contribution in [0.25, 0.3) is 222 Å². The molecule has 3 aromatic heterocycles. The van der Waals surface area contributed by atoms with E-state index < -0.39 is 0 Å². The van der Waals surface area contributed by atoms with Gasteiger partial charge in [0.05, 0.1) is 0 Å². The Kier molecular flexibility index (Phi) is 22.2. The lowest BCUT2D eigenvalue weighted by Crippen LogP contribution is -1.98. The summed E-state index contributed by atoms with van der Waals surface area (Å²) in [7, 11) is 0. The lowest BCUT2D eigenvalue weighted by atomic mass is 9.95. The van der Waals surface area contributed by atoms with Crippen LogP contribution < -0.4 is 0 Å². The van der Waals surface area contributed by atoms with E-state index in [4.69, 9.17) is 49.8 Å². The molecule has 20 aromatic carbocycles. The Bertz CT molecular complexity index is 8170. The number of aromatic nitrogens is 9. The third-order valence-corrected chi connectivity index (χ3v) is 24.0. The van der Waals surface area contributed by atoms with Crippen molar-refractivity contribution >= 4 is 99.4 Å². The summed E-state index contributed by atoms with van der Waals surface area (Å²) in [6.07, 6.45) is 0. The van der Waals surface area contributed by atoms with E-state index in [-0.39, 0.29) is 15.9 Å². The van der Waals surface area contributed by atoms with Gasteiger partial charge >= 0.3 is 0 Å². The summed E-state index contributed by atoms with van der Waals surface area (Å²) in [5, 5.41) is 14.4. The summed E-state index contributed by atoms with van der Waals surface area (Å²) >= 11 is 19.4. The lowest BCUT2D eigenvalue weighted by molar-refractivity contribution is 1.07. The Labute approximate surface area is 760 Å². The van der Waals surface area contributed by atoms with Crippen LogP contribution in [0.15, 0.2) is 449 Å². The van der Waals surface area contributed by atoms with E-state index in [0.29, 0.717) is 34.9 Å². The molecule has 0 bridgehead atoms. The summed E-state index contributed by atoms with van der Waals surface area (Å²) in [5.74, 6) is 3.28. The Hall–Kier alpha value is -16.1. The highest BCUT2D eigenvalue weighted by Crippen LogP contribution is 2.40. The summed E-state index contributed by atoms with van der Waals surface area (Å²) < 4.78 is 0. The van der Waals surface area contributed by atoms with Crippen molar-refractivity contribution in [3.05, 3.63) is 465 Å². The number of nitrogens with zero attached hydrogens (tertiary/aromatic N) is 9. The highest BCUT2D eigenvalue weighted by molar-refractivity contribution is 6.29. The summed E-state index contributed by atoms with van der Waals surface area (Å²) in [6.45, 7) is 0. The second kappa shape index (κ2) is 35.8. The second-order valence-electron chi connectivity index (χ2n) is 31.7. The molecular formula is C117H74Cl3N9. The highest BCUT2D eigenvalue weighted by Gasteiger charge is 2.19. The molecule has 0 aliphatic carbocycles. The third-order valence-electron chi connectivity index (χ3n) is 23.5. The average molecular weight is 1710 g/mol. The number of benzene rings is 20. The summed E-state index contributed by atoms with van der Waals surface area (Å²) in [6, 6.07) is 156. The molecule has 0 atom stereocenters. The van der Waals surface area contributed by atoms with Crippen LogP contribution >= 0.6 is 34.8 Å². The fourth-order valence-corrected chi connectivity index (χ4v) is 17.4. The molecule has 608 valence electrons. The fraction of sp³-hybridized carbons (Fsp3) is 0. The van der Waals surface area contributed by atoms with Gasteiger partial charge in [-0.1, -0.05) is 376 Å². The van der Waals surface area contributed by atoms with Crippen molar-refractivity contribution in [2.24, 2.45) is 0 Å². The van der Waals surface area contributed by atoms with Gasteiger partial charge in [0.25, 0.3) is 0 Å². The monoisotopic (exact) mass is 1710 g/mol. The molecule has 9 nitrogen and oxygen atoms in total. The van der Waals surface area contributed by atoms with Crippen LogP contribution in [0.3, 0.4) is 0 Å². The fourth-order valence-electron chi connectivity index (χ4n) is 16.9. The van der Waals surface area contributed by atoms with E-state index >= 15 is 0 Å². The van der Waals surface area contributed by atoms with E-state index in [9.17, 15) is 0 Å². The number of fused-ring (bicyclic) bond motifs is 6.